The number of aliphatic hydroxyl groups is 1. The van der Waals surface area contributed by atoms with Crippen molar-refractivity contribution in [3.63, 3.8) is 0 Å². The Bertz CT molecular complexity index is 714. The van der Waals surface area contributed by atoms with Crippen LogP contribution in [-0.2, 0) is 29.6 Å². The number of benzene rings is 1. The second-order valence-corrected chi connectivity index (χ2v) is 6.44. The number of nitrogens with one attached hydrogen (secondary N) is 1. The molecule has 1 fully saturated rings. The molecule has 2 aromatic rings. The lowest BCUT2D eigenvalue weighted by molar-refractivity contribution is -0.124. The van der Waals surface area contributed by atoms with Gasteiger partial charge in [0.15, 0.2) is 0 Å². The summed E-state index contributed by atoms with van der Waals surface area (Å²) in [4.78, 5) is 12.3. The lowest BCUT2D eigenvalue weighted by Gasteiger charge is -2.32. The van der Waals surface area contributed by atoms with Crippen molar-refractivity contribution >= 4 is 5.91 Å². The van der Waals surface area contributed by atoms with E-state index >= 15 is 0 Å². The molecule has 7 heteroatoms. The largest absolute Gasteiger partial charge is 0.488 e. The van der Waals surface area contributed by atoms with E-state index in [9.17, 15) is 4.79 Å². The Balaban J connectivity index is 1.54. The molecular formula is C19H25N3O4. The van der Waals surface area contributed by atoms with Crippen molar-refractivity contribution in [1.82, 2.24) is 15.1 Å². The third-order valence-electron chi connectivity index (χ3n) is 4.56. The molecule has 0 aliphatic carbocycles. The smallest absolute Gasteiger partial charge is 0.220 e. The molecule has 140 valence electrons. The third-order valence-corrected chi connectivity index (χ3v) is 4.56. The number of amides is 1. The lowest BCUT2D eigenvalue weighted by atomic mass is 10.1. The monoisotopic (exact) mass is 359 g/mol. The van der Waals surface area contributed by atoms with E-state index in [2.05, 4.69) is 10.4 Å². The van der Waals surface area contributed by atoms with Crippen molar-refractivity contribution in [3.05, 3.63) is 47.8 Å². The minimum absolute atomic E-state index is 0.00684. The molecule has 3 rings (SSSR count). The van der Waals surface area contributed by atoms with E-state index in [-0.39, 0.29) is 24.7 Å². The molecule has 2 N–H and O–H groups in total. The minimum atomic E-state index is -0.180. The first-order valence-electron chi connectivity index (χ1n) is 8.86. The first kappa shape index (κ1) is 18.4. The maximum absolute atomic E-state index is 12.3. The Morgan fingerprint density at radius 1 is 1.38 bits per heavy atom. The molecule has 0 spiro atoms. The van der Waals surface area contributed by atoms with Crippen molar-refractivity contribution in [2.45, 2.75) is 38.0 Å². The SMILES string of the molecule is Cn1nccc1CCC(=O)N[C@@H]1COCC[C@H]1Oc1ccc(CO)cc1. The average Bonchev–Trinajstić information content (AvgIpc) is 3.07. The van der Waals surface area contributed by atoms with E-state index < -0.39 is 0 Å². The number of carbonyl (C=O) groups excluding carboxylic acids is 1. The zero-order valence-electron chi connectivity index (χ0n) is 14.9. The van der Waals surface area contributed by atoms with E-state index in [0.29, 0.717) is 32.5 Å². The molecule has 1 aromatic carbocycles. The molecule has 1 aliphatic heterocycles. The summed E-state index contributed by atoms with van der Waals surface area (Å²) in [5.74, 6) is 0.703. The fourth-order valence-electron chi connectivity index (χ4n) is 3.01. The van der Waals surface area contributed by atoms with Gasteiger partial charge in [-0.2, -0.15) is 5.10 Å². The topological polar surface area (TPSA) is 85.6 Å². The molecule has 1 saturated heterocycles. The van der Waals surface area contributed by atoms with Gasteiger partial charge in [0.2, 0.25) is 5.91 Å². The molecule has 0 radical (unpaired) electrons. The molecule has 1 amide bonds. The van der Waals surface area contributed by atoms with E-state index in [0.717, 1.165) is 17.0 Å². The number of carbonyl (C=O) groups is 1. The Morgan fingerprint density at radius 3 is 2.88 bits per heavy atom. The summed E-state index contributed by atoms with van der Waals surface area (Å²) < 4.78 is 13.3. The molecule has 2 atom stereocenters. The lowest BCUT2D eigenvalue weighted by Crippen LogP contribution is -2.51. The highest BCUT2D eigenvalue weighted by atomic mass is 16.5. The van der Waals surface area contributed by atoms with Crippen LogP contribution in [0.4, 0.5) is 0 Å². The van der Waals surface area contributed by atoms with Gasteiger partial charge in [0.05, 0.1) is 25.9 Å². The molecule has 1 aliphatic rings. The van der Waals surface area contributed by atoms with Crippen LogP contribution in [0.25, 0.3) is 0 Å². The van der Waals surface area contributed by atoms with Crippen LogP contribution >= 0.6 is 0 Å². The van der Waals surface area contributed by atoms with E-state index in [4.69, 9.17) is 14.6 Å². The minimum Gasteiger partial charge on any atom is -0.488 e. The van der Waals surface area contributed by atoms with Gasteiger partial charge in [-0.15, -0.1) is 0 Å². The van der Waals surface area contributed by atoms with Crippen LogP contribution in [-0.4, -0.2) is 46.2 Å². The van der Waals surface area contributed by atoms with Gasteiger partial charge in [0.1, 0.15) is 11.9 Å². The van der Waals surface area contributed by atoms with E-state index in [1.807, 2.05) is 37.4 Å². The van der Waals surface area contributed by atoms with Crippen LogP contribution in [0, 0.1) is 0 Å². The first-order chi connectivity index (χ1) is 12.7. The van der Waals surface area contributed by atoms with Crippen LogP contribution in [0.5, 0.6) is 5.75 Å². The molecule has 1 aromatic heterocycles. The van der Waals surface area contributed by atoms with Gasteiger partial charge in [-0.25, -0.2) is 0 Å². The number of aryl methyl sites for hydroxylation is 2. The average molecular weight is 359 g/mol. The highest BCUT2D eigenvalue weighted by Gasteiger charge is 2.29. The van der Waals surface area contributed by atoms with Gasteiger partial charge < -0.3 is 19.9 Å². The Hall–Kier alpha value is -2.38. The maximum Gasteiger partial charge on any atom is 0.220 e. The second-order valence-electron chi connectivity index (χ2n) is 6.44. The van der Waals surface area contributed by atoms with Crippen LogP contribution in [0.2, 0.25) is 0 Å². The molecule has 0 bridgehead atoms. The molecular weight excluding hydrogens is 334 g/mol. The first-order valence-corrected chi connectivity index (χ1v) is 8.86. The quantitative estimate of drug-likeness (QED) is 0.776. The summed E-state index contributed by atoms with van der Waals surface area (Å²) in [7, 11) is 1.87. The Kier molecular flexibility index (Phi) is 6.25. The number of hydrogen-bond donors (Lipinski definition) is 2. The van der Waals surface area contributed by atoms with Gasteiger partial charge in [0, 0.05) is 31.8 Å². The summed E-state index contributed by atoms with van der Waals surface area (Å²) in [5.41, 5.74) is 1.86. The van der Waals surface area contributed by atoms with Crippen LogP contribution in [0.1, 0.15) is 24.1 Å². The summed E-state index contributed by atoms with van der Waals surface area (Å²) in [6, 6.07) is 9.07. The second kappa shape index (κ2) is 8.82. The normalized spacial score (nSPS) is 19.9. The molecule has 26 heavy (non-hydrogen) atoms. The summed E-state index contributed by atoms with van der Waals surface area (Å²) in [5, 5.41) is 16.3. The number of nitrogens with zero attached hydrogens (tertiary/aromatic N) is 2. The fraction of sp³-hybridized carbons (Fsp3) is 0.474. The third kappa shape index (κ3) is 4.83. The van der Waals surface area contributed by atoms with Crippen LogP contribution in [0.3, 0.4) is 0 Å². The number of hydrogen-bond acceptors (Lipinski definition) is 5. The van der Waals surface area contributed by atoms with Gasteiger partial charge in [-0.1, -0.05) is 12.1 Å². The Morgan fingerprint density at radius 2 is 2.19 bits per heavy atom. The molecule has 2 heterocycles. The highest BCUT2D eigenvalue weighted by Crippen LogP contribution is 2.19. The summed E-state index contributed by atoms with van der Waals surface area (Å²) >= 11 is 0. The summed E-state index contributed by atoms with van der Waals surface area (Å²) in [6.07, 6.45) is 3.35. The van der Waals surface area contributed by atoms with Gasteiger partial charge >= 0.3 is 0 Å². The standard InChI is InChI=1S/C19H25N3O4/c1-22-15(8-10-20-22)4-7-19(24)21-17-13-25-11-9-18(17)26-16-5-2-14(12-23)3-6-16/h2-3,5-6,8,10,17-18,23H,4,7,9,11-13H2,1H3,(H,21,24)/t17-,18-/m1/s1. The zero-order chi connectivity index (χ0) is 18.4. The molecule has 0 saturated carbocycles. The number of aliphatic hydroxyl groups excluding tert-OH is 1. The van der Waals surface area contributed by atoms with E-state index in [1.165, 1.54) is 0 Å². The number of aromatic nitrogens is 2. The molecule has 0 unspecified atom stereocenters. The van der Waals surface area contributed by atoms with Crippen molar-refractivity contribution in [3.8, 4) is 5.75 Å². The fourth-order valence-corrected chi connectivity index (χ4v) is 3.01. The predicted molar refractivity (Wildman–Crippen MR) is 95.7 cm³/mol. The van der Waals surface area contributed by atoms with E-state index in [1.54, 1.807) is 10.9 Å². The van der Waals surface area contributed by atoms with Gasteiger partial charge in [-0.05, 0) is 30.2 Å². The van der Waals surface area contributed by atoms with Crippen LogP contribution in [0.15, 0.2) is 36.5 Å². The van der Waals surface area contributed by atoms with Crippen molar-refractivity contribution in [2.24, 2.45) is 7.05 Å². The molecule has 7 nitrogen and oxygen atoms in total. The van der Waals surface area contributed by atoms with Crippen molar-refractivity contribution in [2.75, 3.05) is 13.2 Å². The number of ether oxygens (including phenoxy) is 2. The zero-order valence-corrected chi connectivity index (χ0v) is 14.9. The highest BCUT2D eigenvalue weighted by molar-refractivity contribution is 5.76. The van der Waals surface area contributed by atoms with Gasteiger partial charge in [-0.3, -0.25) is 9.48 Å². The van der Waals surface area contributed by atoms with Crippen molar-refractivity contribution < 1.29 is 19.4 Å². The van der Waals surface area contributed by atoms with Crippen molar-refractivity contribution in [1.29, 1.82) is 0 Å². The van der Waals surface area contributed by atoms with Crippen LogP contribution < -0.4 is 10.1 Å². The summed E-state index contributed by atoms with van der Waals surface area (Å²) in [6.45, 7) is 1.06. The maximum atomic E-state index is 12.3. The Labute approximate surface area is 152 Å². The predicted octanol–water partition coefficient (Wildman–Crippen LogP) is 1.20. The number of rotatable bonds is 7. The van der Waals surface area contributed by atoms with Gasteiger partial charge in [0.25, 0.3) is 0 Å².